The van der Waals surface area contributed by atoms with Crippen LogP contribution in [-0.2, 0) is 10.0 Å². The van der Waals surface area contributed by atoms with Crippen LogP contribution in [0.15, 0.2) is 53.6 Å². The number of hydrogen-bond acceptors (Lipinski definition) is 6. The minimum atomic E-state index is -3.79. The van der Waals surface area contributed by atoms with Crippen LogP contribution in [-0.4, -0.2) is 58.5 Å². The number of anilines is 1. The van der Waals surface area contributed by atoms with Crippen LogP contribution < -0.4 is 4.90 Å². The highest BCUT2D eigenvalue weighted by atomic mass is 35.5. The Bertz CT molecular complexity index is 1500. The number of aromatic nitrogens is 4. The second-order valence-corrected chi connectivity index (χ2v) is 11.1. The van der Waals surface area contributed by atoms with E-state index in [1.807, 2.05) is 4.90 Å². The Morgan fingerprint density at radius 3 is 2.41 bits per heavy atom. The Morgan fingerprint density at radius 2 is 1.65 bits per heavy atom. The average molecular weight is 558 g/mol. The lowest BCUT2D eigenvalue weighted by atomic mass is 10.1. The van der Waals surface area contributed by atoms with E-state index in [1.165, 1.54) is 10.4 Å². The number of nitrogens with zero attached hydrogens (tertiary/aromatic N) is 6. The predicted octanol–water partition coefficient (Wildman–Crippen LogP) is 4.92. The molecule has 1 saturated heterocycles. The second-order valence-electron chi connectivity index (χ2n) is 7.52. The molecule has 13 heteroatoms. The molecule has 2 aromatic heterocycles. The minimum absolute atomic E-state index is 0.00628. The molecule has 0 bridgehead atoms. The molecule has 1 fully saturated rings. The molecular weight excluding hydrogens is 542 g/mol. The first-order valence-corrected chi connectivity index (χ1v) is 13.1. The van der Waals surface area contributed by atoms with Gasteiger partial charge in [-0.25, -0.2) is 13.4 Å². The highest BCUT2D eigenvalue weighted by Gasteiger charge is 2.32. The minimum Gasteiger partial charge on any atom is -0.337 e. The summed E-state index contributed by atoms with van der Waals surface area (Å²) >= 11 is 24.7. The van der Waals surface area contributed by atoms with E-state index in [0.717, 1.165) is 0 Å². The normalized spacial score (nSPS) is 15.2. The molecule has 2 aromatic carbocycles. The lowest BCUT2D eigenvalue weighted by Gasteiger charge is -2.33. The van der Waals surface area contributed by atoms with Crippen molar-refractivity contribution >= 4 is 68.2 Å². The molecule has 0 N–H and O–H groups in total. The molecule has 0 radical (unpaired) electrons. The molecule has 0 unspecified atom stereocenters. The lowest BCUT2D eigenvalue weighted by molar-refractivity contribution is 0.382. The zero-order valence-corrected chi connectivity index (χ0v) is 21.2. The highest BCUT2D eigenvalue weighted by Crippen LogP contribution is 2.32. The van der Waals surface area contributed by atoms with Crippen molar-refractivity contribution in [3.63, 3.8) is 0 Å². The Balaban J connectivity index is 1.40. The van der Waals surface area contributed by atoms with Gasteiger partial charge in [0.25, 0.3) is 5.78 Å². The molecule has 5 rings (SSSR count). The van der Waals surface area contributed by atoms with Gasteiger partial charge in [0.15, 0.2) is 0 Å². The molecule has 34 heavy (non-hydrogen) atoms. The largest absolute Gasteiger partial charge is 0.337 e. The number of hydrogen-bond donors (Lipinski definition) is 0. The van der Waals surface area contributed by atoms with Gasteiger partial charge in [0.2, 0.25) is 16.0 Å². The van der Waals surface area contributed by atoms with E-state index in [9.17, 15) is 8.42 Å². The van der Waals surface area contributed by atoms with Crippen LogP contribution in [0.1, 0.15) is 0 Å². The van der Waals surface area contributed by atoms with Crippen molar-refractivity contribution in [3.05, 3.63) is 68.8 Å². The molecule has 0 amide bonds. The van der Waals surface area contributed by atoms with Crippen LogP contribution in [0.25, 0.3) is 17.0 Å². The summed E-state index contributed by atoms with van der Waals surface area (Å²) in [7, 11) is -3.79. The zero-order valence-electron chi connectivity index (χ0n) is 17.4. The Hall–Kier alpha value is -2.14. The highest BCUT2D eigenvalue weighted by molar-refractivity contribution is 7.89. The third-order valence-corrected chi connectivity index (χ3v) is 8.93. The monoisotopic (exact) mass is 556 g/mol. The quantitative estimate of drug-likeness (QED) is 0.354. The fourth-order valence-electron chi connectivity index (χ4n) is 3.77. The molecule has 176 valence electrons. The molecule has 1 aliphatic rings. The topological polar surface area (TPSA) is 83.7 Å². The predicted molar refractivity (Wildman–Crippen MR) is 134 cm³/mol. The lowest BCUT2D eigenvalue weighted by Crippen LogP contribution is -2.49. The second kappa shape index (κ2) is 9.14. The SMILES string of the molecule is O=S(=O)(c1cccc(Cl)c1Cl)N1CCN(c2nc3nccc(-c4cc(Cl)ccc4Cl)n3n2)CC1. The Morgan fingerprint density at radius 1 is 0.882 bits per heavy atom. The van der Waals surface area contributed by atoms with Gasteiger partial charge in [-0.05, 0) is 36.4 Å². The molecule has 1 aliphatic heterocycles. The number of sulfonamides is 1. The fraction of sp³-hybridized carbons (Fsp3) is 0.190. The zero-order chi connectivity index (χ0) is 24.0. The van der Waals surface area contributed by atoms with Crippen molar-refractivity contribution in [2.24, 2.45) is 0 Å². The third-order valence-electron chi connectivity index (χ3n) is 5.49. The first-order valence-electron chi connectivity index (χ1n) is 10.1. The van der Waals surface area contributed by atoms with Crippen molar-refractivity contribution in [1.82, 2.24) is 23.9 Å². The Labute approximate surface area is 215 Å². The van der Waals surface area contributed by atoms with Crippen LogP contribution in [0.4, 0.5) is 5.95 Å². The molecule has 8 nitrogen and oxygen atoms in total. The summed E-state index contributed by atoms with van der Waals surface area (Å²) in [5, 5.41) is 5.89. The molecule has 0 aliphatic carbocycles. The summed E-state index contributed by atoms with van der Waals surface area (Å²) in [5.74, 6) is 0.834. The van der Waals surface area contributed by atoms with E-state index in [0.29, 0.717) is 46.1 Å². The maximum atomic E-state index is 13.1. The van der Waals surface area contributed by atoms with Gasteiger partial charge in [-0.15, -0.1) is 5.10 Å². The van der Waals surface area contributed by atoms with Gasteiger partial charge in [0.05, 0.1) is 20.8 Å². The van der Waals surface area contributed by atoms with Crippen LogP contribution in [0.5, 0.6) is 0 Å². The summed E-state index contributed by atoms with van der Waals surface area (Å²) in [6.45, 7) is 1.26. The molecule has 4 aromatic rings. The summed E-state index contributed by atoms with van der Waals surface area (Å²) in [6, 6.07) is 11.5. The summed E-state index contributed by atoms with van der Waals surface area (Å²) in [4.78, 5) is 10.7. The number of benzene rings is 2. The first-order chi connectivity index (χ1) is 16.3. The smallest absolute Gasteiger partial charge is 0.254 e. The molecule has 3 heterocycles. The van der Waals surface area contributed by atoms with Crippen molar-refractivity contribution in [2.75, 3.05) is 31.1 Å². The molecule has 0 saturated carbocycles. The van der Waals surface area contributed by atoms with Crippen LogP contribution in [0.2, 0.25) is 20.1 Å². The molecule has 0 spiro atoms. The maximum Gasteiger partial charge on any atom is 0.254 e. The van der Waals surface area contributed by atoms with Gasteiger partial charge in [-0.1, -0.05) is 52.5 Å². The number of halogens is 4. The van der Waals surface area contributed by atoms with E-state index in [-0.39, 0.29) is 28.0 Å². The standard InChI is InChI=1S/C21H16Cl4N6O2S/c22-13-4-5-15(23)14(12-13)17-6-7-26-20-27-21(28-31(17)20)29-8-10-30(11-9-29)34(32,33)18-3-1-2-16(24)19(18)25/h1-7,12H,8-11H2. The van der Waals surface area contributed by atoms with Crippen molar-refractivity contribution in [1.29, 1.82) is 0 Å². The van der Waals surface area contributed by atoms with E-state index in [1.54, 1.807) is 47.1 Å². The van der Waals surface area contributed by atoms with Gasteiger partial charge in [0, 0.05) is 43.0 Å². The molecule has 0 atom stereocenters. The van der Waals surface area contributed by atoms with E-state index in [4.69, 9.17) is 46.4 Å². The van der Waals surface area contributed by atoms with Gasteiger partial charge >= 0.3 is 0 Å². The fourth-order valence-corrected chi connectivity index (χ4v) is 6.31. The number of piperazine rings is 1. The van der Waals surface area contributed by atoms with Gasteiger partial charge in [-0.3, -0.25) is 0 Å². The van der Waals surface area contributed by atoms with Gasteiger partial charge in [0.1, 0.15) is 4.90 Å². The number of rotatable bonds is 4. The van der Waals surface area contributed by atoms with E-state index < -0.39 is 10.0 Å². The van der Waals surface area contributed by atoms with Gasteiger partial charge in [-0.2, -0.15) is 13.8 Å². The molecular formula is C21H16Cl4N6O2S. The van der Waals surface area contributed by atoms with E-state index in [2.05, 4.69) is 15.1 Å². The van der Waals surface area contributed by atoms with Crippen molar-refractivity contribution in [2.45, 2.75) is 4.90 Å². The average Bonchev–Trinajstić information content (AvgIpc) is 3.27. The van der Waals surface area contributed by atoms with Crippen molar-refractivity contribution in [3.8, 4) is 11.3 Å². The number of fused-ring (bicyclic) bond motifs is 1. The Kier molecular flexibility index (Phi) is 6.34. The van der Waals surface area contributed by atoms with Crippen LogP contribution in [0, 0.1) is 0 Å². The first kappa shape index (κ1) is 23.6. The summed E-state index contributed by atoms with van der Waals surface area (Å²) < 4.78 is 29.2. The summed E-state index contributed by atoms with van der Waals surface area (Å²) in [6.07, 6.45) is 1.62. The van der Waals surface area contributed by atoms with Crippen LogP contribution in [0.3, 0.4) is 0 Å². The van der Waals surface area contributed by atoms with E-state index >= 15 is 0 Å². The summed E-state index contributed by atoms with van der Waals surface area (Å²) in [5.41, 5.74) is 1.39. The van der Waals surface area contributed by atoms with Gasteiger partial charge < -0.3 is 4.90 Å². The van der Waals surface area contributed by atoms with Crippen LogP contribution >= 0.6 is 46.4 Å². The maximum absolute atomic E-state index is 13.1. The van der Waals surface area contributed by atoms with Crippen molar-refractivity contribution < 1.29 is 8.42 Å². The third kappa shape index (κ3) is 4.21.